The third-order valence-corrected chi connectivity index (χ3v) is 6.79. The largest absolute Gasteiger partial charge is 0.490 e. The molecule has 1 atom stereocenters. The van der Waals surface area contributed by atoms with Crippen LogP contribution in [0.3, 0.4) is 0 Å². The number of aryl methyl sites for hydroxylation is 1. The fourth-order valence-corrected chi connectivity index (χ4v) is 5.32. The number of amides is 1. The molecule has 2 heterocycles. The minimum absolute atomic E-state index is 0.00550. The maximum Gasteiger partial charge on any atom is 0.225 e. The van der Waals surface area contributed by atoms with Crippen LogP contribution in [0.2, 0.25) is 0 Å². The lowest BCUT2D eigenvalue weighted by Crippen LogP contribution is -2.32. The van der Waals surface area contributed by atoms with Crippen LogP contribution >= 0.6 is 11.3 Å². The third kappa shape index (κ3) is 4.11. The Labute approximate surface area is 190 Å². The van der Waals surface area contributed by atoms with E-state index in [1.54, 1.807) is 42.7 Å². The second kappa shape index (κ2) is 9.09. The first kappa shape index (κ1) is 22.0. The number of aromatic nitrogens is 2. The van der Waals surface area contributed by atoms with E-state index in [1.807, 2.05) is 6.07 Å². The fraction of sp³-hybridized carbons (Fsp3) is 0.364. The third-order valence-electron chi connectivity index (χ3n) is 5.63. The summed E-state index contributed by atoms with van der Waals surface area (Å²) in [5.74, 6) is 1.44. The van der Waals surface area contributed by atoms with Gasteiger partial charge in [-0.1, -0.05) is 0 Å². The van der Waals surface area contributed by atoms with Crippen molar-refractivity contribution in [1.82, 2.24) is 14.9 Å². The molecule has 10 heteroatoms. The molecule has 0 unspecified atom stereocenters. The molecule has 1 aliphatic carbocycles. The smallest absolute Gasteiger partial charge is 0.225 e. The summed E-state index contributed by atoms with van der Waals surface area (Å²) in [6.45, 7) is 0.737. The highest BCUT2D eigenvalue weighted by Crippen LogP contribution is 2.41. The van der Waals surface area contributed by atoms with Gasteiger partial charge in [0.05, 0.1) is 16.6 Å². The van der Waals surface area contributed by atoms with Crippen LogP contribution in [0.25, 0.3) is 10.2 Å². The fourth-order valence-electron chi connectivity index (χ4n) is 4.05. The highest BCUT2D eigenvalue weighted by molar-refractivity contribution is 7.19. The zero-order valence-corrected chi connectivity index (χ0v) is 19.0. The van der Waals surface area contributed by atoms with Crippen LogP contribution in [0.1, 0.15) is 22.4 Å². The van der Waals surface area contributed by atoms with Gasteiger partial charge in [-0.2, -0.15) is 0 Å². The number of nitrogen functional groups attached to an aromatic ring is 1. The molecular weight excluding hydrogens is 426 g/mol. The number of thiophene rings is 1. The van der Waals surface area contributed by atoms with Crippen molar-refractivity contribution in [3.8, 4) is 5.75 Å². The van der Waals surface area contributed by atoms with Gasteiger partial charge in [0, 0.05) is 43.2 Å². The molecule has 0 radical (unpaired) electrons. The van der Waals surface area contributed by atoms with Crippen molar-refractivity contribution >= 4 is 50.9 Å². The van der Waals surface area contributed by atoms with Gasteiger partial charge in [0.25, 0.3) is 0 Å². The molecule has 4 rings (SSSR count). The van der Waals surface area contributed by atoms with Crippen molar-refractivity contribution < 1.29 is 14.9 Å². The maximum absolute atomic E-state index is 12.5. The second-order valence-corrected chi connectivity index (χ2v) is 9.07. The number of anilines is 3. The highest BCUT2D eigenvalue weighted by atomic mass is 32.1. The quantitative estimate of drug-likeness (QED) is 0.304. The van der Waals surface area contributed by atoms with E-state index < -0.39 is 0 Å². The number of carbonyl (C=O) groups excluding carboxylic acids is 1. The summed E-state index contributed by atoms with van der Waals surface area (Å²) < 4.78 is 5.80. The van der Waals surface area contributed by atoms with Crippen LogP contribution in [0.4, 0.5) is 17.2 Å². The Balaban J connectivity index is 1.73. The molecule has 0 saturated heterocycles. The molecule has 0 spiro atoms. The minimum Gasteiger partial charge on any atom is -0.490 e. The Hall–Kier alpha value is -3.24. The maximum atomic E-state index is 12.5. The van der Waals surface area contributed by atoms with Crippen molar-refractivity contribution in [1.29, 1.82) is 0 Å². The number of ether oxygens (including phenoxy) is 1. The SMILES string of the molecule is CN(C)C(=O)[C@H]1CCc2c(sc3ncnc(Nc4cc(C=[NH2+])c(N)cc4OCCN)c23)C1. The molecule has 1 aromatic carbocycles. The summed E-state index contributed by atoms with van der Waals surface area (Å²) in [5.41, 5.74) is 14.8. The van der Waals surface area contributed by atoms with Crippen molar-refractivity contribution in [2.45, 2.75) is 19.3 Å². The number of carbonyl (C=O) groups is 1. The normalized spacial score (nSPS) is 15.3. The van der Waals surface area contributed by atoms with Crippen LogP contribution in [-0.4, -0.2) is 54.2 Å². The summed E-state index contributed by atoms with van der Waals surface area (Å²) in [7, 11) is 3.61. The molecule has 1 aliphatic rings. The van der Waals surface area contributed by atoms with E-state index in [1.165, 1.54) is 16.7 Å². The molecule has 0 bridgehead atoms. The summed E-state index contributed by atoms with van der Waals surface area (Å²) in [4.78, 5) is 25.3. The molecule has 0 fully saturated rings. The van der Waals surface area contributed by atoms with E-state index in [-0.39, 0.29) is 11.8 Å². The van der Waals surface area contributed by atoms with Crippen molar-refractivity contribution in [3.63, 3.8) is 0 Å². The summed E-state index contributed by atoms with van der Waals surface area (Å²) in [6.07, 6.45) is 5.34. The van der Waals surface area contributed by atoms with Gasteiger partial charge in [0.1, 0.15) is 29.3 Å². The van der Waals surface area contributed by atoms with Gasteiger partial charge in [-0.15, -0.1) is 11.3 Å². The van der Waals surface area contributed by atoms with Gasteiger partial charge in [-0.05, 0) is 30.9 Å². The van der Waals surface area contributed by atoms with E-state index >= 15 is 0 Å². The number of rotatable bonds is 7. The topological polar surface area (TPSA) is 145 Å². The number of fused-ring (bicyclic) bond motifs is 3. The van der Waals surface area contributed by atoms with Crippen molar-refractivity contribution in [2.24, 2.45) is 11.7 Å². The van der Waals surface area contributed by atoms with E-state index in [9.17, 15) is 4.79 Å². The average Bonchev–Trinajstić information content (AvgIpc) is 3.16. The van der Waals surface area contributed by atoms with Crippen LogP contribution in [0.5, 0.6) is 5.75 Å². The summed E-state index contributed by atoms with van der Waals surface area (Å²) >= 11 is 1.63. The first-order valence-corrected chi connectivity index (χ1v) is 11.3. The molecule has 2 aromatic heterocycles. The Morgan fingerprint density at radius 3 is 2.94 bits per heavy atom. The minimum atomic E-state index is 0.00550. The van der Waals surface area contributed by atoms with E-state index in [0.717, 1.165) is 29.5 Å². The number of hydrogen-bond acceptors (Lipinski definition) is 8. The van der Waals surface area contributed by atoms with Gasteiger partial charge in [0.2, 0.25) is 5.91 Å². The van der Waals surface area contributed by atoms with E-state index in [4.69, 9.17) is 21.6 Å². The molecule has 7 N–H and O–H groups in total. The van der Waals surface area contributed by atoms with Crippen LogP contribution in [0, 0.1) is 5.92 Å². The Morgan fingerprint density at radius 1 is 1.41 bits per heavy atom. The molecule has 0 saturated carbocycles. The first-order chi connectivity index (χ1) is 15.4. The predicted molar refractivity (Wildman–Crippen MR) is 127 cm³/mol. The zero-order chi connectivity index (χ0) is 22.8. The molecule has 32 heavy (non-hydrogen) atoms. The average molecular weight is 455 g/mol. The first-order valence-electron chi connectivity index (χ1n) is 10.5. The van der Waals surface area contributed by atoms with Gasteiger partial charge in [-0.25, -0.2) is 9.97 Å². The van der Waals surface area contributed by atoms with Gasteiger partial charge < -0.3 is 26.4 Å². The molecule has 168 valence electrons. The predicted octanol–water partition coefficient (Wildman–Crippen LogP) is 0.726. The number of nitrogens with two attached hydrogens (primary N) is 3. The van der Waals surface area contributed by atoms with Crippen LogP contribution < -0.4 is 26.9 Å². The molecular formula is C22H28N7O2S+. The zero-order valence-electron chi connectivity index (χ0n) is 18.2. The lowest BCUT2D eigenvalue weighted by atomic mass is 9.87. The number of nitrogens with one attached hydrogen (secondary N) is 1. The van der Waals surface area contributed by atoms with Crippen LogP contribution in [-0.2, 0) is 17.6 Å². The molecule has 1 amide bonds. The van der Waals surface area contributed by atoms with Crippen molar-refractivity contribution in [3.05, 3.63) is 34.5 Å². The molecule has 3 aromatic rings. The van der Waals surface area contributed by atoms with E-state index in [0.29, 0.717) is 41.7 Å². The lowest BCUT2D eigenvalue weighted by molar-refractivity contribution is -0.133. The van der Waals surface area contributed by atoms with Crippen molar-refractivity contribution in [2.75, 3.05) is 38.3 Å². The van der Waals surface area contributed by atoms with Gasteiger partial charge in [0.15, 0.2) is 6.21 Å². The number of nitrogens with zero attached hydrogens (tertiary/aromatic N) is 3. The number of benzene rings is 1. The summed E-state index contributed by atoms with van der Waals surface area (Å²) in [5, 5.41) is 10.1. The lowest BCUT2D eigenvalue weighted by Gasteiger charge is -2.24. The van der Waals surface area contributed by atoms with Gasteiger partial charge in [-0.3, -0.25) is 10.2 Å². The molecule has 9 nitrogen and oxygen atoms in total. The summed E-state index contributed by atoms with van der Waals surface area (Å²) in [6, 6.07) is 3.56. The second-order valence-electron chi connectivity index (χ2n) is 7.98. The Kier molecular flexibility index (Phi) is 6.24. The van der Waals surface area contributed by atoms with E-state index in [2.05, 4.69) is 15.3 Å². The number of hydrogen-bond donors (Lipinski definition) is 4. The molecule has 0 aliphatic heterocycles. The highest BCUT2D eigenvalue weighted by Gasteiger charge is 2.30. The Morgan fingerprint density at radius 2 is 2.22 bits per heavy atom. The monoisotopic (exact) mass is 454 g/mol. The standard InChI is InChI=1S/C22H27N7O2S/c1-29(2)22(30)12-3-4-14-18(8-12)32-21-19(14)20(26-11-27-21)28-16-7-13(10-24)15(25)9-17(16)31-6-5-23/h7,9-12,24H,3-6,8,23,25H2,1-2H3,(H,26,27,28)/p+1/t12-/m0/s1. The van der Waals surface area contributed by atoms with Gasteiger partial charge >= 0.3 is 0 Å². The van der Waals surface area contributed by atoms with Crippen LogP contribution in [0.15, 0.2) is 18.5 Å². The Bertz CT molecular complexity index is 1170.